The minimum atomic E-state index is 0.320. The van der Waals surface area contributed by atoms with Crippen LogP contribution in [0.15, 0.2) is 46.8 Å². The molecule has 0 atom stereocenters. The Kier molecular flexibility index (Phi) is 8.22. The summed E-state index contributed by atoms with van der Waals surface area (Å²) in [6, 6.07) is 0. The Morgan fingerprint density at radius 1 is 1.16 bits per heavy atom. The third-order valence-corrected chi connectivity index (χ3v) is 3.57. The summed E-state index contributed by atoms with van der Waals surface area (Å²) >= 11 is 0. The number of allylic oxidation sites excluding steroid dienone is 7. The zero-order chi connectivity index (χ0) is 15.0. The molecule has 19 heavy (non-hydrogen) atoms. The molecule has 0 bridgehead atoms. The van der Waals surface area contributed by atoms with Crippen molar-refractivity contribution in [1.82, 2.24) is 0 Å². The Morgan fingerprint density at radius 3 is 2.00 bits per heavy atom. The molecular weight excluding hydrogens is 232 g/mol. The summed E-state index contributed by atoms with van der Waals surface area (Å²) in [5, 5.41) is 9.75. The number of aliphatic hydroxyl groups excluding tert-OH is 1. The smallest absolute Gasteiger partial charge is 0.0926 e. The Hall–Kier alpha value is -1.24. The van der Waals surface area contributed by atoms with Crippen LogP contribution in [-0.2, 0) is 0 Å². The van der Waals surface area contributed by atoms with Gasteiger partial charge >= 0.3 is 0 Å². The molecule has 0 aliphatic rings. The van der Waals surface area contributed by atoms with Crippen LogP contribution in [0.5, 0.6) is 0 Å². The molecule has 0 unspecified atom stereocenters. The molecule has 0 aromatic heterocycles. The van der Waals surface area contributed by atoms with Crippen molar-refractivity contribution in [1.29, 1.82) is 0 Å². The van der Waals surface area contributed by atoms with E-state index >= 15 is 0 Å². The summed E-state index contributed by atoms with van der Waals surface area (Å²) in [6.07, 6.45) is 7.12. The lowest BCUT2D eigenvalue weighted by atomic mass is 9.94. The lowest BCUT2D eigenvalue weighted by molar-refractivity contribution is 0.401. The van der Waals surface area contributed by atoms with E-state index < -0.39 is 0 Å². The van der Waals surface area contributed by atoms with Crippen LogP contribution >= 0.6 is 0 Å². The third-order valence-electron chi connectivity index (χ3n) is 3.57. The minimum absolute atomic E-state index is 0.320. The van der Waals surface area contributed by atoms with Crippen LogP contribution in [0.25, 0.3) is 0 Å². The molecule has 0 aliphatic heterocycles. The average Bonchev–Trinajstić information content (AvgIpc) is 2.34. The molecule has 1 nitrogen and oxygen atoms in total. The topological polar surface area (TPSA) is 20.2 Å². The van der Waals surface area contributed by atoms with Crippen LogP contribution in [0.3, 0.4) is 0 Å². The molecule has 1 heteroatoms. The fourth-order valence-electron chi connectivity index (χ4n) is 2.36. The van der Waals surface area contributed by atoms with Crippen molar-refractivity contribution in [2.24, 2.45) is 5.92 Å². The normalized spacial score (nSPS) is 13.3. The molecular formula is C18H30O. The van der Waals surface area contributed by atoms with E-state index in [1.54, 1.807) is 6.92 Å². The second-order valence-electron chi connectivity index (χ2n) is 5.39. The molecule has 108 valence electrons. The number of rotatable bonds is 7. The lowest BCUT2D eigenvalue weighted by Gasteiger charge is -2.13. The van der Waals surface area contributed by atoms with Crippen molar-refractivity contribution < 1.29 is 5.11 Å². The van der Waals surface area contributed by atoms with Crippen LogP contribution in [0, 0.1) is 5.92 Å². The van der Waals surface area contributed by atoms with E-state index in [0.717, 1.165) is 24.8 Å². The lowest BCUT2D eigenvalue weighted by Crippen LogP contribution is -1.97. The molecule has 0 spiro atoms. The van der Waals surface area contributed by atoms with Crippen LogP contribution in [0.1, 0.15) is 60.8 Å². The van der Waals surface area contributed by atoms with Crippen molar-refractivity contribution in [2.45, 2.75) is 60.8 Å². The van der Waals surface area contributed by atoms with Gasteiger partial charge in [0.25, 0.3) is 0 Å². The highest BCUT2D eigenvalue weighted by Crippen LogP contribution is 2.23. The van der Waals surface area contributed by atoms with Crippen LogP contribution in [-0.4, -0.2) is 5.11 Å². The van der Waals surface area contributed by atoms with Gasteiger partial charge in [0, 0.05) is 0 Å². The van der Waals surface area contributed by atoms with Crippen LogP contribution < -0.4 is 0 Å². The highest BCUT2D eigenvalue weighted by Gasteiger charge is 2.07. The summed E-state index contributed by atoms with van der Waals surface area (Å²) in [4.78, 5) is 0. The van der Waals surface area contributed by atoms with Gasteiger partial charge in [0.1, 0.15) is 0 Å². The molecule has 0 aromatic rings. The maximum absolute atomic E-state index is 9.75. The summed E-state index contributed by atoms with van der Waals surface area (Å²) in [5.74, 6) is 0.725. The first kappa shape index (κ1) is 17.8. The van der Waals surface area contributed by atoms with E-state index in [4.69, 9.17) is 0 Å². The van der Waals surface area contributed by atoms with Crippen LogP contribution in [0.4, 0.5) is 0 Å². The van der Waals surface area contributed by atoms with E-state index in [9.17, 15) is 5.11 Å². The fourth-order valence-corrected chi connectivity index (χ4v) is 2.36. The Bertz CT molecular complexity index is 382. The molecule has 0 heterocycles. The maximum atomic E-state index is 9.75. The summed E-state index contributed by atoms with van der Waals surface area (Å²) < 4.78 is 0. The second kappa shape index (κ2) is 8.79. The zero-order valence-corrected chi connectivity index (χ0v) is 13.5. The second-order valence-corrected chi connectivity index (χ2v) is 5.39. The molecule has 0 rings (SSSR count). The molecule has 0 saturated carbocycles. The van der Waals surface area contributed by atoms with Gasteiger partial charge in [0.05, 0.1) is 5.76 Å². The van der Waals surface area contributed by atoms with Crippen molar-refractivity contribution in [3.8, 4) is 0 Å². The van der Waals surface area contributed by atoms with Gasteiger partial charge in [-0.25, -0.2) is 0 Å². The fraction of sp³-hybridized carbons (Fsp3) is 0.556. The van der Waals surface area contributed by atoms with E-state index in [1.807, 2.05) is 6.08 Å². The van der Waals surface area contributed by atoms with Crippen molar-refractivity contribution >= 4 is 0 Å². The molecule has 0 aliphatic carbocycles. The van der Waals surface area contributed by atoms with E-state index in [2.05, 4.69) is 47.3 Å². The van der Waals surface area contributed by atoms with E-state index in [-0.39, 0.29) is 0 Å². The Morgan fingerprint density at radius 2 is 1.68 bits per heavy atom. The van der Waals surface area contributed by atoms with E-state index in [0.29, 0.717) is 11.7 Å². The third kappa shape index (κ3) is 5.96. The number of hydrogen-bond donors (Lipinski definition) is 1. The van der Waals surface area contributed by atoms with Gasteiger partial charge in [0.15, 0.2) is 0 Å². The van der Waals surface area contributed by atoms with Gasteiger partial charge in [0.2, 0.25) is 0 Å². The van der Waals surface area contributed by atoms with Crippen LogP contribution in [0.2, 0.25) is 0 Å². The van der Waals surface area contributed by atoms with Crippen molar-refractivity contribution in [3.05, 3.63) is 46.8 Å². The van der Waals surface area contributed by atoms with Gasteiger partial charge in [-0.15, -0.1) is 0 Å². The first-order valence-corrected chi connectivity index (χ1v) is 7.27. The first-order valence-electron chi connectivity index (χ1n) is 7.27. The van der Waals surface area contributed by atoms with E-state index in [1.165, 1.54) is 16.7 Å². The molecule has 0 radical (unpaired) electrons. The average molecular weight is 262 g/mol. The van der Waals surface area contributed by atoms with Gasteiger partial charge in [-0.2, -0.15) is 0 Å². The zero-order valence-electron chi connectivity index (χ0n) is 13.5. The molecule has 0 saturated heterocycles. The first-order chi connectivity index (χ1) is 8.87. The summed E-state index contributed by atoms with van der Waals surface area (Å²) in [7, 11) is 0. The Labute approximate surface area is 119 Å². The summed E-state index contributed by atoms with van der Waals surface area (Å²) in [5.41, 5.74) is 5.12. The van der Waals surface area contributed by atoms with Crippen molar-refractivity contribution in [3.63, 3.8) is 0 Å². The predicted molar refractivity (Wildman–Crippen MR) is 86.3 cm³/mol. The molecule has 0 fully saturated rings. The van der Waals surface area contributed by atoms with Gasteiger partial charge in [-0.05, 0) is 50.2 Å². The SMILES string of the molecule is C=C/C(=C\C(=C(/C)O)C(C)C)CC(C)=C(CC)CC. The van der Waals surface area contributed by atoms with Crippen molar-refractivity contribution in [2.75, 3.05) is 0 Å². The Balaban J connectivity index is 5.30. The largest absolute Gasteiger partial charge is 0.512 e. The van der Waals surface area contributed by atoms with Gasteiger partial charge in [-0.1, -0.05) is 57.6 Å². The quantitative estimate of drug-likeness (QED) is 0.333. The monoisotopic (exact) mass is 262 g/mol. The van der Waals surface area contributed by atoms with Gasteiger partial charge in [-0.3, -0.25) is 0 Å². The molecule has 0 aromatic carbocycles. The number of aliphatic hydroxyl groups is 1. The predicted octanol–water partition coefficient (Wildman–Crippen LogP) is 6.11. The summed E-state index contributed by atoms with van der Waals surface area (Å²) in [6.45, 7) is 16.5. The molecule has 1 N–H and O–H groups in total. The standard InChI is InChI=1S/C18H30O/c1-8-16(11-14(6)17(9-2)10-3)12-18(13(4)5)15(7)19/h8,12-13,19H,1,9-11H2,2-7H3/b16-12+,18-15-. The maximum Gasteiger partial charge on any atom is 0.0926 e. The minimum Gasteiger partial charge on any atom is -0.512 e. The molecule has 0 amide bonds. The van der Waals surface area contributed by atoms with Gasteiger partial charge < -0.3 is 5.11 Å². The number of hydrogen-bond acceptors (Lipinski definition) is 1. The highest BCUT2D eigenvalue weighted by atomic mass is 16.3. The highest BCUT2D eigenvalue weighted by molar-refractivity contribution is 5.35.